The molecule has 2 aliphatic heterocycles. The van der Waals surface area contributed by atoms with Crippen LogP contribution in [0.25, 0.3) is 0 Å². The zero-order chi connectivity index (χ0) is 24.1. The van der Waals surface area contributed by atoms with E-state index >= 15 is 0 Å². The molecule has 178 valence electrons. The third kappa shape index (κ3) is 3.83. The number of rotatable bonds is 7. The monoisotopic (exact) mass is 461 g/mol. The number of benzene rings is 1. The summed E-state index contributed by atoms with van der Waals surface area (Å²) in [5.74, 6) is -0.480. The SMILES string of the molecule is C=C(C)C(O)C(C)(CN1c2ccccc2[C@]2(O[Si](C)(C)C(C)(C)C)CCO[C@H]12)C(=O)OC. The average Bonchev–Trinajstić information content (AvgIpc) is 3.22. The molecule has 32 heavy (non-hydrogen) atoms. The van der Waals surface area contributed by atoms with Crippen LogP contribution in [-0.4, -0.2) is 52.0 Å². The second-order valence-corrected chi connectivity index (χ2v) is 15.8. The van der Waals surface area contributed by atoms with Crippen LogP contribution in [0.3, 0.4) is 0 Å². The summed E-state index contributed by atoms with van der Waals surface area (Å²) in [6.07, 6.45) is -0.689. The van der Waals surface area contributed by atoms with Crippen molar-refractivity contribution in [3.05, 3.63) is 42.0 Å². The minimum Gasteiger partial charge on any atom is -0.468 e. The van der Waals surface area contributed by atoms with Gasteiger partial charge in [-0.2, -0.15) is 0 Å². The molecule has 1 saturated heterocycles. The van der Waals surface area contributed by atoms with Crippen molar-refractivity contribution in [1.82, 2.24) is 0 Å². The molecule has 2 heterocycles. The molecule has 1 N–H and O–H groups in total. The highest BCUT2D eigenvalue weighted by molar-refractivity contribution is 6.74. The van der Waals surface area contributed by atoms with Gasteiger partial charge in [-0.3, -0.25) is 4.79 Å². The zero-order valence-electron chi connectivity index (χ0n) is 20.8. The van der Waals surface area contributed by atoms with Crippen molar-refractivity contribution in [3.63, 3.8) is 0 Å². The lowest BCUT2D eigenvalue weighted by atomic mass is 9.80. The van der Waals surface area contributed by atoms with Crippen LogP contribution < -0.4 is 4.90 Å². The zero-order valence-corrected chi connectivity index (χ0v) is 21.8. The summed E-state index contributed by atoms with van der Waals surface area (Å²) in [5.41, 5.74) is 0.753. The first kappa shape index (κ1) is 25.0. The van der Waals surface area contributed by atoms with Gasteiger partial charge in [-0.05, 0) is 38.0 Å². The van der Waals surface area contributed by atoms with Gasteiger partial charge in [0.05, 0.1) is 19.8 Å². The van der Waals surface area contributed by atoms with Crippen LogP contribution in [0.5, 0.6) is 0 Å². The third-order valence-electron chi connectivity index (χ3n) is 7.56. The Kier molecular flexibility index (Phi) is 6.45. The molecule has 3 rings (SSSR count). The first-order valence-corrected chi connectivity index (χ1v) is 14.2. The average molecular weight is 462 g/mol. The van der Waals surface area contributed by atoms with Gasteiger partial charge >= 0.3 is 5.97 Å². The van der Waals surface area contributed by atoms with E-state index in [1.807, 2.05) is 18.2 Å². The van der Waals surface area contributed by atoms with Crippen LogP contribution >= 0.6 is 0 Å². The molecule has 4 atom stereocenters. The summed E-state index contributed by atoms with van der Waals surface area (Å²) < 4.78 is 18.5. The molecule has 1 aromatic carbocycles. The number of anilines is 1. The van der Waals surface area contributed by atoms with E-state index in [-0.39, 0.29) is 17.8 Å². The molecule has 0 bridgehead atoms. The smallest absolute Gasteiger partial charge is 0.316 e. The predicted octanol–water partition coefficient (Wildman–Crippen LogP) is 4.59. The Morgan fingerprint density at radius 3 is 2.53 bits per heavy atom. The number of fused-ring (bicyclic) bond motifs is 3. The van der Waals surface area contributed by atoms with Crippen molar-refractivity contribution in [2.24, 2.45) is 5.41 Å². The van der Waals surface area contributed by atoms with Gasteiger partial charge in [-0.1, -0.05) is 51.1 Å². The van der Waals surface area contributed by atoms with Crippen molar-refractivity contribution < 1.29 is 23.8 Å². The van der Waals surface area contributed by atoms with E-state index in [1.165, 1.54) is 7.11 Å². The summed E-state index contributed by atoms with van der Waals surface area (Å²) in [7, 11) is -0.804. The van der Waals surface area contributed by atoms with Crippen molar-refractivity contribution >= 4 is 20.0 Å². The normalized spacial score (nSPS) is 25.7. The Balaban J connectivity index is 2.10. The maximum Gasteiger partial charge on any atom is 0.316 e. The molecule has 0 radical (unpaired) electrons. The molecule has 1 aromatic rings. The molecule has 2 aliphatic rings. The third-order valence-corrected chi connectivity index (χ3v) is 12.1. The number of aliphatic hydroxyl groups excluding tert-OH is 1. The summed E-state index contributed by atoms with van der Waals surface area (Å²) in [6, 6.07) is 8.15. The number of ether oxygens (including phenoxy) is 2. The second kappa shape index (κ2) is 8.28. The number of hydrogen-bond donors (Lipinski definition) is 1. The molecule has 0 aromatic heterocycles. The predicted molar refractivity (Wildman–Crippen MR) is 129 cm³/mol. The van der Waals surface area contributed by atoms with Gasteiger partial charge in [0.2, 0.25) is 0 Å². The van der Waals surface area contributed by atoms with Gasteiger partial charge in [-0.25, -0.2) is 0 Å². The molecule has 0 amide bonds. The molecular formula is C25H39NO5Si. The largest absolute Gasteiger partial charge is 0.468 e. The van der Waals surface area contributed by atoms with Crippen LogP contribution in [-0.2, 0) is 24.3 Å². The molecule has 0 spiro atoms. The van der Waals surface area contributed by atoms with E-state index in [1.54, 1.807) is 13.8 Å². The lowest BCUT2D eigenvalue weighted by Gasteiger charge is -2.45. The lowest BCUT2D eigenvalue weighted by Crippen LogP contribution is -2.56. The Morgan fingerprint density at radius 2 is 1.97 bits per heavy atom. The maximum atomic E-state index is 12.9. The number of para-hydroxylation sites is 1. The molecule has 7 heteroatoms. The van der Waals surface area contributed by atoms with E-state index in [9.17, 15) is 9.90 Å². The molecule has 6 nitrogen and oxygen atoms in total. The van der Waals surface area contributed by atoms with Crippen LogP contribution in [0.1, 0.15) is 46.6 Å². The topological polar surface area (TPSA) is 68.2 Å². The number of hydrogen-bond acceptors (Lipinski definition) is 6. The van der Waals surface area contributed by atoms with Crippen molar-refractivity contribution in [2.45, 2.75) is 77.1 Å². The van der Waals surface area contributed by atoms with E-state index in [0.29, 0.717) is 12.2 Å². The highest BCUT2D eigenvalue weighted by Crippen LogP contribution is 2.56. The molecule has 1 fully saturated rings. The van der Waals surface area contributed by atoms with Crippen LogP contribution in [0.4, 0.5) is 5.69 Å². The van der Waals surface area contributed by atoms with Gasteiger partial charge in [0.25, 0.3) is 0 Å². The minimum absolute atomic E-state index is 0.0356. The molecule has 2 unspecified atom stereocenters. The van der Waals surface area contributed by atoms with Gasteiger partial charge in [0, 0.05) is 24.2 Å². The van der Waals surface area contributed by atoms with E-state index in [0.717, 1.165) is 17.7 Å². The Labute approximate surface area is 193 Å². The van der Waals surface area contributed by atoms with Gasteiger partial charge in [-0.15, -0.1) is 0 Å². The highest BCUT2D eigenvalue weighted by Gasteiger charge is 2.61. The summed E-state index contributed by atoms with van der Waals surface area (Å²) in [5, 5.41) is 11.0. The van der Waals surface area contributed by atoms with Crippen LogP contribution in [0.2, 0.25) is 18.1 Å². The molecule has 0 aliphatic carbocycles. The number of esters is 1. The fourth-order valence-corrected chi connectivity index (χ4v) is 6.25. The summed E-state index contributed by atoms with van der Waals surface area (Å²) in [4.78, 5) is 15.0. The second-order valence-electron chi connectivity index (χ2n) is 11.0. The summed E-state index contributed by atoms with van der Waals surface area (Å²) in [6.45, 7) is 19.3. The van der Waals surface area contributed by atoms with Gasteiger partial charge in [0.15, 0.2) is 14.5 Å². The minimum atomic E-state index is -2.15. The lowest BCUT2D eigenvalue weighted by molar-refractivity contribution is -0.157. The van der Waals surface area contributed by atoms with E-state index in [2.05, 4.69) is 51.4 Å². The maximum absolute atomic E-state index is 12.9. The fourth-order valence-electron chi connectivity index (χ4n) is 4.72. The number of carbonyl (C=O) groups excluding carboxylic acids is 1. The van der Waals surface area contributed by atoms with Crippen LogP contribution in [0, 0.1) is 5.41 Å². The van der Waals surface area contributed by atoms with Gasteiger partial charge < -0.3 is 23.9 Å². The summed E-state index contributed by atoms with van der Waals surface area (Å²) >= 11 is 0. The number of carbonyl (C=O) groups is 1. The number of methoxy groups -OCH3 is 1. The fraction of sp³-hybridized carbons (Fsp3) is 0.640. The Hall–Kier alpha value is -1.67. The van der Waals surface area contributed by atoms with Crippen LogP contribution in [0.15, 0.2) is 36.4 Å². The van der Waals surface area contributed by atoms with E-state index < -0.39 is 31.4 Å². The number of nitrogens with zero attached hydrogens (tertiary/aromatic N) is 1. The van der Waals surface area contributed by atoms with Gasteiger partial charge in [0.1, 0.15) is 11.0 Å². The highest BCUT2D eigenvalue weighted by atomic mass is 28.4. The Bertz CT molecular complexity index is 895. The first-order valence-electron chi connectivity index (χ1n) is 11.3. The number of aliphatic hydroxyl groups is 1. The first-order chi connectivity index (χ1) is 14.7. The molecular weight excluding hydrogens is 422 g/mol. The van der Waals surface area contributed by atoms with Crippen molar-refractivity contribution in [2.75, 3.05) is 25.2 Å². The standard InChI is InChI=1S/C25H39NO5Si/c1-17(2)20(27)24(6,22(28)29-7)16-26-19-13-11-10-12-18(19)25(14-15-30-21(25)26)31-32(8,9)23(3,4)5/h10-13,20-21,27H,1,14-16H2,2-9H3/t20?,21-,24?,25+/m0/s1. The quantitative estimate of drug-likeness (QED) is 0.364. The van der Waals surface area contributed by atoms with Crippen molar-refractivity contribution in [1.29, 1.82) is 0 Å². The van der Waals surface area contributed by atoms with E-state index in [4.69, 9.17) is 13.9 Å². The van der Waals surface area contributed by atoms with Crippen molar-refractivity contribution in [3.8, 4) is 0 Å². The Morgan fingerprint density at radius 1 is 1.34 bits per heavy atom. The molecule has 0 saturated carbocycles.